The number of carboxylic acids is 1. The van der Waals surface area contributed by atoms with E-state index < -0.39 is 12.1 Å². The second-order valence-corrected chi connectivity index (χ2v) is 5.82. The molecule has 0 aliphatic heterocycles. The Balaban J connectivity index is 2.19. The molecule has 1 N–H and O–H groups in total. The van der Waals surface area contributed by atoms with Gasteiger partial charge in [0.1, 0.15) is 5.75 Å². The summed E-state index contributed by atoms with van der Waals surface area (Å²) in [5, 5.41) is 9.44. The van der Waals surface area contributed by atoms with Crippen molar-refractivity contribution in [3.8, 4) is 5.75 Å². The highest BCUT2D eigenvalue weighted by Crippen LogP contribution is 2.20. The summed E-state index contributed by atoms with van der Waals surface area (Å²) in [6, 6.07) is 11.7. The summed E-state index contributed by atoms with van der Waals surface area (Å²) in [4.78, 5) is 11.5. The van der Waals surface area contributed by atoms with Crippen LogP contribution < -0.4 is 4.74 Å². The fourth-order valence-corrected chi connectivity index (χ4v) is 2.41. The van der Waals surface area contributed by atoms with Crippen molar-refractivity contribution in [2.45, 2.75) is 40.2 Å². The zero-order chi connectivity index (χ0) is 16.3. The minimum Gasteiger partial charge on any atom is -0.478 e. The summed E-state index contributed by atoms with van der Waals surface area (Å²) in [6.07, 6.45) is -0.530. The van der Waals surface area contributed by atoms with Crippen LogP contribution in [0, 0.1) is 27.7 Å². The van der Waals surface area contributed by atoms with Crippen molar-refractivity contribution in [3.05, 3.63) is 64.2 Å². The number of benzene rings is 2. The maximum Gasteiger partial charge on any atom is 0.345 e. The lowest BCUT2D eigenvalue weighted by Crippen LogP contribution is -2.29. The topological polar surface area (TPSA) is 46.5 Å². The van der Waals surface area contributed by atoms with Gasteiger partial charge in [0.05, 0.1) is 0 Å². The maximum atomic E-state index is 11.5. The van der Waals surface area contributed by atoms with Crippen molar-refractivity contribution < 1.29 is 14.6 Å². The predicted molar refractivity (Wildman–Crippen MR) is 87.6 cm³/mol. The van der Waals surface area contributed by atoms with Crippen LogP contribution >= 0.6 is 0 Å². The minimum absolute atomic E-state index is 0.356. The zero-order valence-corrected chi connectivity index (χ0v) is 13.5. The number of rotatable bonds is 5. The lowest BCUT2D eigenvalue weighted by Gasteiger charge is -2.17. The van der Waals surface area contributed by atoms with E-state index in [2.05, 4.69) is 6.07 Å². The summed E-state index contributed by atoms with van der Waals surface area (Å²) in [7, 11) is 0. The maximum absolute atomic E-state index is 11.5. The van der Waals surface area contributed by atoms with Gasteiger partial charge in [-0.3, -0.25) is 0 Å². The second-order valence-electron chi connectivity index (χ2n) is 5.82. The van der Waals surface area contributed by atoms with Gasteiger partial charge in [-0.25, -0.2) is 4.79 Å². The van der Waals surface area contributed by atoms with E-state index in [1.807, 2.05) is 58.0 Å². The molecule has 22 heavy (non-hydrogen) atoms. The molecule has 116 valence electrons. The number of hydrogen-bond donors (Lipinski definition) is 1. The van der Waals surface area contributed by atoms with E-state index in [-0.39, 0.29) is 0 Å². The molecule has 1 atom stereocenters. The summed E-state index contributed by atoms with van der Waals surface area (Å²) in [5.41, 5.74) is 5.52. The molecule has 0 heterocycles. The Hall–Kier alpha value is -2.29. The van der Waals surface area contributed by atoms with Crippen molar-refractivity contribution in [2.24, 2.45) is 0 Å². The van der Waals surface area contributed by atoms with Gasteiger partial charge in [0.15, 0.2) is 6.10 Å². The molecular formula is C19H22O3. The molecule has 1 unspecified atom stereocenters. The van der Waals surface area contributed by atoms with Crippen molar-refractivity contribution >= 4 is 5.97 Å². The smallest absolute Gasteiger partial charge is 0.345 e. The van der Waals surface area contributed by atoms with Gasteiger partial charge in [-0.15, -0.1) is 0 Å². The van der Waals surface area contributed by atoms with Gasteiger partial charge in [0, 0.05) is 6.42 Å². The molecule has 0 radical (unpaired) electrons. The molecule has 3 heteroatoms. The Labute approximate surface area is 131 Å². The van der Waals surface area contributed by atoms with Crippen LogP contribution in [-0.2, 0) is 11.2 Å². The molecule has 2 rings (SSSR count). The van der Waals surface area contributed by atoms with E-state index in [1.54, 1.807) is 0 Å². The third kappa shape index (κ3) is 3.88. The molecular weight excluding hydrogens is 276 g/mol. The van der Waals surface area contributed by atoms with Crippen LogP contribution in [0.4, 0.5) is 0 Å². The highest BCUT2D eigenvalue weighted by atomic mass is 16.5. The fourth-order valence-electron chi connectivity index (χ4n) is 2.41. The molecule has 2 aromatic carbocycles. The third-order valence-corrected chi connectivity index (χ3v) is 3.94. The Morgan fingerprint density at radius 2 is 1.73 bits per heavy atom. The first-order valence-corrected chi connectivity index (χ1v) is 7.39. The molecule has 0 aliphatic rings. The van der Waals surface area contributed by atoms with Crippen LogP contribution in [0.3, 0.4) is 0 Å². The van der Waals surface area contributed by atoms with E-state index in [0.29, 0.717) is 12.2 Å². The van der Waals surface area contributed by atoms with Crippen molar-refractivity contribution in [2.75, 3.05) is 0 Å². The molecule has 3 nitrogen and oxygen atoms in total. The van der Waals surface area contributed by atoms with Crippen molar-refractivity contribution in [3.63, 3.8) is 0 Å². The molecule has 0 spiro atoms. The average molecular weight is 298 g/mol. The molecule has 0 fully saturated rings. The van der Waals surface area contributed by atoms with E-state index in [4.69, 9.17) is 4.74 Å². The van der Waals surface area contributed by atoms with E-state index in [0.717, 1.165) is 22.3 Å². The Morgan fingerprint density at radius 3 is 2.32 bits per heavy atom. The van der Waals surface area contributed by atoms with Gasteiger partial charge in [-0.2, -0.15) is 0 Å². The quantitative estimate of drug-likeness (QED) is 0.907. The summed E-state index contributed by atoms with van der Waals surface area (Å²) < 4.78 is 5.70. The predicted octanol–water partition coefficient (Wildman–Crippen LogP) is 3.99. The first-order valence-electron chi connectivity index (χ1n) is 7.39. The van der Waals surface area contributed by atoms with Crippen LogP contribution in [0.1, 0.15) is 27.8 Å². The Kier molecular flexibility index (Phi) is 4.86. The van der Waals surface area contributed by atoms with Crippen LogP contribution in [0.25, 0.3) is 0 Å². The van der Waals surface area contributed by atoms with Gasteiger partial charge < -0.3 is 9.84 Å². The van der Waals surface area contributed by atoms with E-state index >= 15 is 0 Å². The van der Waals surface area contributed by atoms with Gasteiger partial charge in [-0.05, 0) is 62.1 Å². The highest BCUT2D eigenvalue weighted by molar-refractivity contribution is 5.73. The van der Waals surface area contributed by atoms with Crippen LogP contribution in [0.15, 0.2) is 36.4 Å². The SMILES string of the molecule is Cc1ccc(CC(Oc2ccc(C)c(C)c2)C(=O)O)c(C)c1. The Morgan fingerprint density at radius 1 is 1.00 bits per heavy atom. The van der Waals surface area contributed by atoms with Gasteiger partial charge >= 0.3 is 5.97 Å². The molecule has 0 aliphatic carbocycles. The standard InChI is InChI=1S/C19H22O3/c1-12-5-7-16(15(4)9-12)11-18(19(20)21)22-17-8-6-13(2)14(3)10-17/h5-10,18H,11H2,1-4H3,(H,20,21). The fraction of sp³-hybridized carbons (Fsp3) is 0.316. The van der Waals surface area contributed by atoms with Crippen molar-refractivity contribution in [1.29, 1.82) is 0 Å². The van der Waals surface area contributed by atoms with Crippen LogP contribution in [-0.4, -0.2) is 17.2 Å². The van der Waals surface area contributed by atoms with Crippen LogP contribution in [0.2, 0.25) is 0 Å². The van der Waals surface area contributed by atoms with Gasteiger partial charge in [0.2, 0.25) is 0 Å². The third-order valence-electron chi connectivity index (χ3n) is 3.94. The number of ether oxygens (including phenoxy) is 1. The molecule has 0 bridgehead atoms. The van der Waals surface area contributed by atoms with E-state index in [9.17, 15) is 9.90 Å². The second kappa shape index (κ2) is 6.65. The van der Waals surface area contributed by atoms with E-state index in [1.165, 1.54) is 5.56 Å². The number of carbonyl (C=O) groups is 1. The summed E-state index contributed by atoms with van der Waals surface area (Å²) in [6.45, 7) is 8.03. The lowest BCUT2D eigenvalue weighted by atomic mass is 10.0. The number of aryl methyl sites for hydroxylation is 4. The largest absolute Gasteiger partial charge is 0.478 e. The number of hydrogen-bond acceptors (Lipinski definition) is 2. The molecule has 0 saturated heterocycles. The monoisotopic (exact) mass is 298 g/mol. The number of aliphatic carboxylic acids is 1. The minimum atomic E-state index is -0.946. The molecule has 2 aromatic rings. The molecule has 0 amide bonds. The van der Waals surface area contributed by atoms with Gasteiger partial charge in [-0.1, -0.05) is 29.8 Å². The first-order chi connectivity index (χ1) is 10.4. The first kappa shape index (κ1) is 16.1. The highest BCUT2D eigenvalue weighted by Gasteiger charge is 2.21. The molecule has 0 saturated carbocycles. The zero-order valence-electron chi connectivity index (χ0n) is 13.5. The lowest BCUT2D eigenvalue weighted by molar-refractivity contribution is -0.145. The molecule has 0 aromatic heterocycles. The van der Waals surface area contributed by atoms with Crippen LogP contribution in [0.5, 0.6) is 5.75 Å². The summed E-state index contributed by atoms with van der Waals surface area (Å²) in [5.74, 6) is -0.349. The number of carboxylic acid groups (broad SMARTS) is 1. The average Bonchev–Trinajstić information content (AvgIpc) is 2.44. The van der Waals surface area contributed by atoms with Crippen molar-refractivity contribution in [1.82, 2.24) is 0 Å². The normalized spacial score (nSPS) is 12.0. The Bertz CT molecular complexity index is 689. The van der Waals surface area contributed by atoms with Gasteiger partial charge in [0.25, 0.3) is 0 Å². The summed E-state index contributed by atoms with van der Waals surface area (Å²) >= 11 is 0.